The molecule has 0 unspecified atom stereocenters. The molecule has 0 radical (unpaired) electrons. The first-order chi connectivity index (χ1) is 48.3. The van der Waals surface area contributed by atoms with Gasteiger partial charge in [0.15, 0.2) is 28.8 Å². The van der Waals surface area contributed by atoms with Crippen LogP contribution in [0.4, 0.5) is 0 Å². The Morgan fingerprint density at radius 2 is 0.616 bits per heavy atom. The van der Waals surface area contributed by atoms with Gasteiger partial charge in [0, 0.05) is 35.7 Å². The summed E-state index contributed by atoms with van der Waals surface area (Å²) in [5.74, 6) is 7.34. The van der Waals surface area contributed by atoms with E-state index in [-0.39, 0.29) is 12.4 Å². The molecule has 0 amide bonds. The van der Waals surface area contributed by atoms with Crippen molar-refractivity contribution in [3.05, 3.63) is 382 Å². The summed E-state index contributed by atoms with van der Waals surface area (Å²) in [6.07, 6.45) is 0.508. The van der Waals surface area contributed by atoms with E-state index >= 15 is 0 Å². The van der Waals surface area contributed by atoms with E-state index < -0.39 is 0 Å². The van der Waals surface area contributed by atoms with Crippen molar-refractivity contribution in [1.82, 2.24) is 0 Å². The van der Waals surface area contributed by atoms with Crippen molar-refractivity contribution in [2.45, 2.75) is 73.1 Å². The Bertz CT molecular complexity index is 4740. The molecule has 0 saturated heterocycles. The van der Waals surface area contributed by atoms with Crippen molar-refractivity contribution in [1.29, 1.82) is 0 Å². The second-order valence-corrected chi connectivity index (χ2v) is 23.9. The highest BCUT2D eigenvalue weighted by Crippen LogP contribution is 2.45. The van der Waals surface area contributed by atoms with E-state index in [1.807, 2.05) is 268 Å². The first kappa shape index (κ1) is 67.3. The zero-order valence-electron chi connectivity index (χ0n) is 55.3. The Hall–Kier alpha value is -11.7. The standard InChI is InChI=1S/C44H38O5.C44H37O5.ClH/c2*1-32-24-40(46-29-34-16-8-3-9-17-34)38-27-43(48-31-36-20-12-5-13-21-36)44(49-41(38)25-32)37-22-23-39(45-28-33-14-6-2-7-15-33)42(26-37)47-30-35-18-10-4-11-19-35;/h2-26H,27-31H2,1H3;2-27H,28-31H2,1H3;1H/q;+1;/p-1. The molecule has 1 aliphatic heterocycles. The van der Waals surface area contributed by atoms with Crippen LogP contribution >= 0.6 is 0 Å². The average Bonchev–Trinajstić information content (AvgIpc) is 0.787. The third-order valence-electron chi connectivity index (χ3n) is 16.4. The maximum atomic E-state index is 6.76. The summed E-state index contributed by atoms with van der Waals surface area (Å²) < 4.78 is 64.8. The summed E-state index contributed by atoms with van der Waals surface area (Å²) in [7, 11) is 0. The van der Waals surface area contributed by atoms with Crippen LogP contribution in [0.2, 0.25) is 0 Å². The molecule has 0 atom stereocenters. The van der Waals surface area contributed by atoms with E-state index in [1.54, 1.807) is 0 Å². The maximum absolute atomic E-state index is 6.76. The molecule has 13 aromatic rings. The number of ether oxygens (including phenoxy) is 9. The molecule has 2 heterocycles. The predicted molar refractivity (Wildman–Crippen MR) is 386 cm³/mol. The molecule has 14 rings (SSSR count). The molecule has 0 N–H and O–H groups in total. The lowest BCUT2D eigenvalue weighted by Crippen LogP contribution is -3.00. The van der Waals surface area contributed by atoms with Gasteiger partial charge in [-0.1, -0.05) is 243 Å². The minimum absolute atomic E-state index is 0. The van der Waals surface area contributed by atoms with E-state index in [0.717, 1.165) is 101 Å². The molecule has 99 heavy (non-hydrogen) atoms. The number of allylic oxidation sites excluding steroid dienone is 1. The van der Waals surface area contributed by atoms with Gasteiger partial charge in [-0.2, -0.15) is 0 Å². The fourth-order valence-corrected chi connectivity index (χ4v) is 11.3. The highest BCUT2D eigenvalue weighted by atomic mass is 35.5. The van der Waals surface area contributed by atoms with Crippen LogP contribution in [0, 0.1) is 13.8 Å². The second kappa shape index (κ2) is 33.8. The molecule has 10 nitrogen and oxygen atoms in total. The number of fused-ring (bicyclic) bond motifs is 2. The van der Waals surface area contributed by atoms with E-state index in [2.05, 4.69) is 55.5 Å². The molecule has 0 aliphatic carbocycles. The van der Waals surface area contributed by atoms with Crippen molar-refractivity contribution in [3.8, 4) is 57.3 Å². The molecule has 0 fully saturated rings. The SMILES string of the molecule is Cc1cc(OCc2ccccc2)c2c(c1)OC(c1ccc(OCc3ccccc3)c(OCc3ccccc3)c1)=C(OCc1ccccc1)C2.Cc1cc(OCc2ccccc2)c2cc(OCc3ccccc3)c(-c3ccc(OCc4ccccc4)c(OCc4ccccc4)c3)[o+]c2c1.[Cl-]. The number of hydrogen-bond donors (Lipinski definition) is 0. The fourth-order valence-electron chi connectivity index (χ4n) is 11.3. The fraction of sp³-hybridized carbons (Fsp3) is 0.125. The van der Waals surface area contributed by atoms with Crippen molar-refractivity contribution in [2.24, 2.45) is 0 Å². The topological polar surface area (TPSA) is 94.4 Å². The van der Waals surface area contributed by atoms with Gasteiger partial charge in [0.05, 0.1) is 5.56 Å². The largest absolute Gasteiger partial charge is 1.00 e. The summed E-state index contributed by atoms with van der Waals surface area (Å²) in [6.45, 7) is 7.39. The molecule has 12 aromatic carbocycles. The molecule has 0 saturated carbocycles. The van der Waals surface area contributed by atoms with Crippen LogP contribution in [-0.2, 0) is 64.0 Å². The van der Waals surface area contributed by atoms with Gasteiger partial charge in [-0.15, -0.1) is 0 Å². The van der Waals surface area contributed by atoms with Gasteiger partial charge in [0.2, 0.25) is 5.75 Å². The van der Waals surface area contributed by atoms with Gasteiger partial charge in [0.1, 0.15) is 81.2 Å². The normalized spacial score (nSPS) is 11.4. The summed E-state index contributed by atoms with van der Waals surface area (Å²) in [5.41, 5.74) is 13.9. The van der Waals surface area contributed by atoms with Crippen molar-refractivity contribution in [3.63, 3.8) is 0 Å². The Balaban J connectivity index is 0.000000186. The van der Waals surface area contributed by atoms with Gasteiger partial charge in [0.25, 0.3) is 0 Å². The molecular weight excluding hydrogens is 1250 g/mol. The lowest BCUT2D eigenvalue weighted by atomic mass is 10.00. The Labute approximate surface area is 585 Å². The summed E-state index contributed by atoms with van der Waals surface area (Å²) >= 11 is 0. The smallest absolute Gasteiger partial charge is 0.402 e. The third-order valence-corrected chi connectivity index (χ3v) is 16.4. The quantitative estimate of drug-likeness (QED) is 0.0488. The van der Waals surface area contributed by atoms with Crippen LogP contribution in [0.3, 0.4) is 0 Å². The summed E-state index contributed by atoms with van der Waals surface area (Å²) in [6, 6.07) is 103. The van der Waals surface area contributed by atoms with E-state index in [4.69, 9.17) is 47.0 Å². The Kier molecular flexibility index (Phi) is 23.0. The molecule has 0 bridgehead atoms. The second-order valence-electron chi connectivity index (χ2n) is 23.9. The Morgan fingerprint density at radius 3 is 1.03 bits per heavy atom. The number of rotatable bonds is 26. The minimum Gasteiger partial charge on any atom is -1.00 e. The van der Waals surface area contributed by atoms with Crippen molar-refractivity contribution >= 4 is 16.7 Å². The molecule has 1 aliphatic rings. The molecule has 494 valence electrons. The first-order valence-corrected chi connectivity index (χ1v) is 32.9. The number of benzene rings is 12. The van der Waals surface area contributed by atoms with Crippen LogP contribution in [0.1, 0.15) is 66.8 Å². The van der Waals surface area contributed by atoms with E-state index in [1.165, 1.54) is 0 Å². The third kappa shape index (κ3) is 18.4. The average molecular weight is 1330 g/mol. The van der Waals surface area contributed by atoms with Crippen LogP contribution in [-0.4, -0.2) is 0 Å². The Morgan fingerprint density at radius 1 is 0.293 bits per heavy atom. The lowest BCUT2D eigenvalue weighted by molar-refractivity contribution is -0.0000226. The van der Waals surface area contributed by atoms with E-state index in [0.29, 0.717) is 105 Å². The van der Waals surface area contributed by atoms with Gasteiger partial charge >= 0.3 is 11.3 Å². The molecule has 11 heteroatoms. The van der Waals surface area contributed by atoms with Gasteiger partial charge in [-0.25, -0.2) is 4.42 Å². The molecular formula is C88H75ClO10. The number of halogens is 1. The minimum atomic E-state index is 0. The zero-order chi connectivity index (χ0) is 66.5. The van der Waals surface area contributed by atoms with Crippen LogP contribution in [0.5, 0.6) is 46.0 Å². The number of hydrogen-bond acceptors (Lipinski definition) is 9. The first-order valence-electron chi connectivity index (χ1n) is 32.9. The predicted octanol–water partition coefficient (Wildman–Crippen LogP) is 18.3. The van der Waals surface area contributed by atoms with Crippen LogP contribution in [0.25, 0.3) is 28.1 Å². The van der Waals surface area contributed by atoms with Gasteiger partial charge in [-0.05, 0) is 118 Å². The van der Waals surface area contributed by atoms with Crippen molar-refractivity contribution in [2.75, 3.05) is 0 Å². The monoisotopic (exact) mass is 1330 g/mol. The van der Waals surface area contributed by atoms with Crippen LogP contribution < -0.4 is 50.3 Å². The molecule has 1 aromatic heterocycles. The maximum Gasteiger partial charge on any atom is 0.402 e. The highest BCUT2D eigenvalue weighted by molar-refractivity contribution is 5.88. The molecule has 0 spiro atoms. The highest BCUT2D eigenvalue weighted by Gasteiger charge is 2.30. The van der Waals surface area contributed by atoms with Gasteiger partial charge in [-0.3, -0.25) is 0 Å². The summed E-state index contributed by atoms with van der Waals surface area (Å²) in [4.78, 5) is 0. The van der Waals surface area contributed by atoms with Crippen LogP contribution in [0.15, 0.2) is 320 Å². The van der Waals surface area contributed by atoms with Gasteiger partial charge < -0.3 is 55.0 Å². The summed E-state index contributed by atoms with van der Waals surface area (Å²) in [5, 5.41) is 0.830. The lowest BCUT2D eigenvalue weighted by Gasteiger charge is -2.26. The zero-order valence-corrected chi connectivity index (χ0v) is 56.0. The van der Waals surface area contributed by atoms with Crippen molar-refractivity contribution < 1.29 is 59.5 Å². The van der Waals surface area contributed by atoms with E-state index in [9.17, 15) is 0 Å². The number of aryl methyl sites for hydroxylation is 2.